The van der Waals surface area contributed by atoms with Crippen LogP contribution >= 0.6 is 0 Å². The van der Waals surface area contributed by atoms with Crippen molar-refractivity contribution in [2.24, 2.45) is 0 Å². The van der Waals surface area contributed by atoms with Gasteiger partial charge in [-0.05, 0) is 35.9 Å². The third kappa shape index (κ3) is 3.64. The molecule has 0 saturated carbocycles. The van der Waals surface area contributed by atoms with Crippen LogP contribution in [-0.4, -0.2) is 5.11 Å². The molecule has 0 spiro atoms. The zero-order valence-corrected chi connectivity index (χ0v) is 9.82. The van der Waals surface area contributed by atoms with Crippen molar-refractivity contribution in [2.45, 2.75) is 12.8 Å². The lowest BCUT2D eigenvalue weighted by Crippen LogP contribution is -2.05. The summed E-state index contributed by atoms with van der Waals surface area (Å²) in [6.45, 7) is 0.0930. The number of alkyl halides is 3. The topological polar surface area (TPSA) is 29.5 Å². The Bertz CT molecular complexity index is 565. The molecule has 0 saturated heterocycles. The van der Waals surface area contributed by atoms with E-state index in [1.165, 1.54) is 24.3 Å². The van der Waals surface area contributed by atoms with Crippen LogP contribution in [0.5, 0.6) is 11.5 Å². The van der Waals surface area contributed by atoms with Crippen LogP contribution in [0.4, 0.5) is 13.2 Å². The van der Waals surface area contributed by atoms with Gasteiger partial charge in [-0.1, -0.05) is 18.2 Å². The van der Waals surface area contributed by atoms with Crippen molar-refractivity contribution in [3.8, 4) is 11.5 Å². The van der Waals surface area contributed by atoms with E-state index in [1.54, 1.807) is 12.1 Å². The van der Waals surface area contributed by atoms with E-state index >= 15 is 0 Å². The van der Waals surface area contributed by atoms with E-state index in [0.717, 1.165) is 12.1 Å². The Kier molecular flexibility index (Phi) is 3.64. The number of halogens is 3. The van der Waals surface area contributed by atoms with E-state index in [1.807, 2.05) is 0 Å². The molecule has 0 aliphatic rings. The highest BCUT2D eigenvalue weighted by molar-refractivity contribution is 5.31. The third-order valence-electron chi connectivity index (χ3n) is 2.48. The summed E-state index contributed by atoms with van der Waals surface area (Å²) in [4.78, 5) is 0. The van der Waals surface area contributed by atoms with E-state index in [4.69, 9.17) is 4.74 Å². The van der Waals surface area contributed by atoms with Crippen molar-refractivity contribution >= 4 is 0 Å². The number of hydrogen-bond donors (Lipinski definition) is 1. The van der Waals surface area contributed by atoms with Gasteiger partial charge < -0.3 is 9.84 Å². The smallest absolute Gasteiger partial charge is 0.416 e. The molecule has 2 nitrogen and oxygen atoms in total. The van der Waals surface area contributed by atoms with Gasteiger partial charge in [-0.15, -0.1) is 0 Å². The van der Waals surface area contributed by atoms with Crippen molar-refractivity contribution < 1.29 is 23.0 Å². The molecule has 0 radical (unpaired) electrons. The average Bonchev–Trinajstić information content (AvgIpc) is 2.36. The Morgan fingerprint density at radius 2 is 1.74 bits per heavy atom. The van der Waals surface area contributed by atoms with Crippen LogP contribution in [-0.2, 0) is 12.8 Å². The largest absolute Gasteiger partial charge is 0.508 e. The molecule has 0 amide bonds. The molecular weight excluding hydrogens is 257 g/mol. The van der Waals surface area contributed by atoms with Gasteiger partial charge in [0.15, 0.2) is 0 Å². The second-order valence-electron chi connectivity index (χ2n) is 3.98. The maximum Gasteiger partial charge on any atom is 0.416 e. The molecule has 0 aliphatic heterocycles. The summed E-state index contributed by atoms with van der Waals surface area (Å²) in [5.74, 6) is 0.225. The van der Waals surface area contributed by atoms with E-state index in [0.29, 0.717) is 5.56 Å². The Hall–Kier alpha value is -2.17. The number of phenols is 1. The Morgan fingerprint density at radius 1 is 1.00 bits per heavy atom. The molecule has 1 N–H and O–H groups in total. The fourth-order valence-electron chi connectivity index (χ4n) is 1.58. The molecule has 2 aromatic carbocycles. The zero-order valence-electron chi connectivity index (χ0n) is 9.82. The predicted molar refractivity (Wildman–Crippen MR) is 63.9 cm³/mol. The summed E-state index contributed by atoms with van der Waals surface area (Å²) in [6, 6.07) is 11.0. The second-order valence-corrected chi connectivity index (χ2v) is 3.98. The highest BCUT2D eigenvalue weighted by atomic mass is 19.4. The summed E-state index contributed by atoms with van der Waals surface area (Å²) in [5, 5.41) is 9.26. The number of phenolic OH excluding ortho intramolecular Hbond substituents is 1. The van der Waals surface area contributed by atoms with Crippen molar-refractivity contribution in [3.05, 3.63) is 59.7 Å². The molecule has 100 valence electrons. The van der Waals surface area contributed by atoms with E-state index in [9.17, 15) is 18.3 Å². The Balaban J connectivity index is 2.08. The van der Waals surface area contributed by atoms with Gasteiger partial charge >= 0.3 is 6.18 Å². The number of ether oxygens (including phenoxy) is 1. The van der Waals surface area contributed by atoms with Gasteiger partial charge in [0, 0.05) is 0 Å². The molecule has 0 fully saturated rings. The van der Waals surface area contributed by atoms with Gasteiger partial charge in [-0.3, -0.25) is 0 Å². The van der Waals surface area contributed by atoms with Crippen LogP contribution < -0.4 is 4.74 Å². The second kappa shape index (κ2) is 5.22. The SMILES string of the molecule is Oc1cccc(COc2cccc(C(F)(F)F)c2)c1. The molecule has 0 heterocycles. The van der Waals surface area contributed by atoms with Gasteiger partial charge in [-0.2, -0.15) is 13.2 Å². The molecule has 19 heavy (non-hydrogen) atoms. The Labute approximate surface area is 108 Å². The summed E-state index contributed by atoms with van der Waals surface area (Å²) in [5.41, 5.74) is -0.0710. The van der Waals surface area contributed by atoms with Gasteiger partial charge in [0.05, 0.1) is 5.56 Å². The van der Waals surface area contributed by atoms with Crippen LogP contribution in [0.15, 0.2) is 48.5 Å². The number of hydrogen-bond acceptors (Lipinski definition) is 2. The maximum atomic E-state index is 12.5. The molecular formula is C14H11F3O2. The first-order valence-electron chi connectivity index (χ1n) is 5.53. The summed E-state index contributed by atoms with van der Waals surface area (Å²) in [7, 11) is 0. The lowest BCUT2D eigenvalue weighted by atomic mass is 10.2. The van der Waals surface area contributed by atoms with Crippen molar-refractivity contribution in [3.63, 3.8) is 0 Å². The fourth-order valence-corrected chi connectivity index (χ4v) is 1.58. The molecule has 0 unspecified atom stereocenters. The van der Waals surface area contributed by atoms with Crippen LogP contribution in [0.25, 0.3) is 0 Å². The monoisotopic (exact) mass is 268 g/mol. The molecule has 2 rings (SSSR count). The lowest BCUT2D eigenvalue weighted by molar-refractivity contribution is -0.137. The first kappa shape index (κ1) is 13.3. The van der Waals surface area contributed by atoms with Crippen LogP contribution in [0, 0.1) is 0 Å². The molecule has 5 heteroatoms. The number of aromatic hydroxyl groups is 1. The van der Waals surface area contributed by atoms with Gasteiger partial charge in [-0.25, -0.2) is 0 Å². The zero-order chi connectivity index (χ0) is 13.9. The maximum absolute atomic E-state index is 12.5. The first-order valence-corrected chi connectivity index (χ1v) is 5.53. The predicted octanol–water partition coefficient (Wildman–Crippen LogP) is 3.99. The third-order valence-corrected chi connectivity index (χ3v) is 2.48. The van der Waals surface area contributed by atoms with Crippen molar-refractivity contribution in [1.82, 2.24) is 0 Å². The van der Waals surface area contributed by atoms with Crippen molar-refractivity contribution in [1.29, 1.82) is 0 Å². The molecule has 0 aliphatic carbocycles. The van der Waals surface area contributed by atoms with Crippen LogP contribution in [0.1, 0.15) is 11.1 Å². The minimum Gasteiger partial charge on any atom is -0.508 e. The van der Waals surface area contributed by atoms with E-state index < -0.39 is 11.7 Å². The quantitative estimate of drug-likeness (QED) is 0.912. The fraction of sp³-hybridized carbons (Fsp3) is 0.143. The number of rotatable bonds is 3. The minimum absolute atomic E-state index is 0.0881. The summed E-state index contributed by atoms with van der Waals surface area (Å²) >= 11 is 0. The van der Waals surface area contributed by atoms with Crippen LogP contribution in [0.3, 0.4) is 0 Å². The molecule has 0 atom stereocenters. The highest BCUT2D eigenvalue weighted by Gasteiger charge is 2.30. The molecule has 2 aromatic rings. The standard InChI is InChI=1S/C14H11F3O2/c15-14(16,17)11-4-2-6-13(8-11)19-9-10-3-1-5-12(18)7-10/h1-8,18H,9H2. The molecule has 0 bridgehead atoms. The summed E-state index contributed by atoms with van der Waals surface area (Å²) in [6.07, 6.45) is -4.38. The lowest BCUT2D eigenvalue weighted by Gasteiger charge is -2.10. The Morgan fingerprint density at radius 3 is 2.42 bits per heavy atom. The minimum atomic E-state index is -4.38. The van der Waals surface area contributed by atoms with Gasteiger partial charge in [0.25, 0.3) is 0 Å². The van der Waals surface area contributed by atoms with Gasteiger partial charge in [0.2, 0.25) is 0 Å². The summed E-state index contributed by atoms with van der Waals surface area (Å²) < 4.78 is 42.8. The van der Waals surface area contributed by atoms with E-state index in [2.05, 4.69) is 0 Å². The van der Waals surface area contributed by atoms with Crippen molar-refractivity contribution in [2.75, 3.05) is 0 Å². The van der Waals surface area contributed by atoms with Gasteiger partial charge in [0.1, 0.15) is 18.1 Å². The number of benzene rings is 2. The normalized spacial score (nSPS) is 11.3. The average molecular weight is 268 g/mol. The van der Waals surface area contributed by atoms with E-state index in [-0.39, 0.29) is 18.1 Å². The molecule has 0 aromatic heterocycles. The first-order chi connectivity index (χ1) is 8.95. The van der Waals surface area contributed by atoms with Crippen LogP contribution in [0.2, 0.25) is 0 Å². The highest BCUT2D eigenvalue weighted by Crippen LogP contribution is 2.31.